The van der Waals surface area contributed by atoms with Crippen molar-refractivity contribution in [1.29, 1.82) is 0 Å². The summed E-state index contributed by atoms with van der Waals surface area (Å²) in [5.41, 5.74) is 1.27. The molecule has 0 saturated heterocycles. The van der Waals surface area contributed by atoms with Gasteiger partial charge in [0.05, 0.1) is 5.56 Å². The van der Waals surface area contributed by atoms with E-state index in [1.807, 2.05) is 4.57 Å². The van der Waals surface area contributed by atoms with Crippen molar-refractivity contribution in [3.05, 3.63) is 23.5 Å². The van der Waals surface area contributed by atoms with Gasteiger partial charge in [0, 0.05) is 30.8 Å². The van der Waals surface area contributed by atoms with Crippen molar-refractivity contribution >= 4 is 11.9 Å². The largest absolute Gasteiger partial charge is 0.481 e. The van der Waals surface area contributed by atoms with Crippen LogP contribution < -0.4 is 0 Å². The zero-order valence-corrected chi connectivity index (χ0v) is 11.5. The van der Waals surface area contributed by atoms with E-state index in [0.717, 1.165) is 31.4 Å². The van der Waals surface area contributed by atoms with E-state index in [2.05, 4.69) is 0 Å². The molecule has 2 rings (SSSR count). The fraction of sp³-hybridized carbons (Fsp3) is 0.600. The molecule has 110 valence electrons. The molecule has 1 aromatic heterocycles. The first kappa shape index (κ1) is 14.6. The Labute approximate surface area is 118 Å². The van der Waals surface area contributed by atoms with Crippen LogP contribution in [0, 0.1) is 0 Å². The summed E-state index contributed by atoms with van der Waals surface area (Å²) in [6.45, 7) is 0.575. The van der Waals surface area contributed by atoms with Gasteiger partial charge in [-0.2, -0.15) is 0 Å². The molecule has 1 saturated carbocycles. The first-order valence-electron chi connectivity index (χ1n) is 7.23. The molecule has 0 unspecified atom stereocenters. The average Bonchev–Trinajstić information content (AvgIpc) is 2.83. The van der Waals surface area contributed by atoms with Crippen LogP contribution in [-0.2, 0) is 11.3 Å². The Morgan fingerprint density at radius 3 is 2.50 bits per heavy atom. The van der Waals surface area contributed by atoms with Crippen LogP contribution in [-0.4, -0.2) is 26.7 Å². The van der Waals surface area contributed by atoms with Crippen LogP contribution in [0.4, 0.5) is 0 Å². The van der Waals surface area contributed by atoms with Gasteiger partial charge in [0.25, 0.3) is 0 Å². The predicted molar refractivity (Wildman–Crippen MR) is 74.1 cm³/mol. The highest BCUT2D eigenvalue weighted by molar-refractivity contribution is 5.89. The molecule has 0 aliphatic heterocycles. The minimum absolute atomic E-state index is 0.116. The molecule has 0 aromatic carbocycles. The van der Waals surface area contributed by atoms with Crippen molar-refractivity contribution < 1.29 is 19.8 Å². The van der Waals surface area contributed by atoms with E-state index in [9.17, 15) is 14.7 Å². The molecule has 0 spiro atoms. The number of nitrogens with zero attached hydrogens (tertiary/aromatic N) is 1. The fourth-order valence-electron chi connectivity index (χ4n) is 3.09. The molecule has 0 bridgehead atoms. The van der Waals surface area contributed by atoms with Crippen LogP contribution in [0.25, 0.3) is 0 Å². The molecule has 1 aromatic rings. The molecule has 2 N–H and O–H groups in total. The van der Waals surface area contributed by atoms with Crippen LogP contribution >= 0.6 is 0 Å². The lowest BCUT2D eigenvalue weighted by atomic mass is 9.85. The smallest absolute Gasteiger partial charge is 0.337 e. The second-order valence-corrected chi connectivity index (χ2v) is 5.45. The van der Waals surface area contributed by atoms with E-state index in [1.165, 1.54) is 6.42 Å². The SMILES string of the molecule is O=C(O)CCCn1ccc(C(=O)O)c1C1CCCCC1. The molecular weight excluding hydrogens is 258 g/mol. The van der Waals surface area contributed by atoms with Gasteiger partial charge in [-0.05, 0) is 25.3 Å². The molecule has 0 radical (unpaired) electrons. The monoisotopic (exact) mass is 279 g/mol. The Morgan fingerprint density at radius 1 is 1.20 bits per heavy atom. The minimum atomic E-state index is -0.887. The highest BCUT2D eigenvalue weighted by Gasteiger charge is 2.24. The third-order valence-electron chi connectivity index (χ3n) is 4.02. The van der Waals surface area contributed by atoms with Gasteiger partial charge in [-0.25, -0.2) is 4.79 Å². The zero-order chi connectivity index (χ0) is 14.5. The van der Waals surface area contributed by atoms with E-state index in [-0.39, 0.29) is 6.42 Å². The maximum absolute atomic E-state index is 11.4. The van der Waals surface area contributed by atoms with E-state index in [0.29, 0.717) is 24.4 Å². The normalized spacial score (nSPS) is 16.2. The van der Waals surface area contributed by atoms with Crippen molar-refractivity contribution in [3.63, 3.8) is 0 Å². The summed E-state index contributed by atoms with van der Waals surface area (Å²) in [6.07, 6.45) is 8.00. The summed E-state index contributed by atoms with van der Waals surface area (Å²) < 4.78 is 1.95. The Hall–Kier alpha value is -1.78. The molecule has 20 heavy (non-hydrogen) atoms. The van der Waals surface area contributed by atoms with Crippen molar-refractivity contribution in [3.8, 4) is 0 Å². The number of hydrogen-bond acceptors (Lipinski definition) is 2. The highest BCUT2D eigenvalue weighted by atomic mass is 16.4. The van der Waals surface area contributed by atoms with Gasteiger partial charge in [-0.3, -0.25) is 4.79 Å². The lowest BCUT2D eigenvalue weighted by molar-refractivity contribution is -0.137. The summed E-state index contributed by atoms with van der Waals surface area (Å²) in [5.74, 6) is -1.40. The van der Waals surface area contributed by atoms with Crippen LogP contribution in [0.15, 0.2) is 12.3 Å². The molecule has 5 nitrogen and oxygen atoms in total. The van der Waals surface area contributed by atoms with Crippen LogP contribution in [0.5, 0.6) is 0 Å². The standard InChI is InChI=1S/C15H21NO4/c17-13(18)7-4-9-16-10-8-12(15(19)20)14(16)11-5-2-1-3-6-11/h8,10-11H,1-7,9H2,(H,17,18)(H,19,20). The number of aromatic carboxylic acids is 1. The minimum Gasteiger partial charge on any atom is -0.481 e. The van der Waals surface area contributed by atoms with Gasteiger partial charge in [0.1, 0.15) is 0 Å². The summed E-state index contributed by atoms with van der Waals surface area (Å²) in [4.78, 5) is 21.9. The molecule has 0 amide bonds. The highest BCUT2D eigenvalue weighted by Crippen LogP contribution is 2.35. The van der Waals surface area contributed by atoms with Crippen LogP contribution in [0.3, 0.4) is 0 Å². The lowest BCUT2D eigenvalue weighted by Crippen LogP contribution is -2.15. The van der Waals surface area contributed by atoms with Gasteiger partial charge in [-0.1, -0.05) is 19.3 Å². The molecule has 1 fully saturated rings. The molecule has 0 atom stereocenters. The number of rotatable bonds is 6. The third kappa shape index (κ3) is 3.40. The Kier molecular flexibility index (Phi) is 4.82. The Balaban J connectivity index is 2.17. The zero-order valence-electron chi connectivity index (χ0n) is 11.5. The van der Waals surface area contributed by atoms with E-state index < -0.39 is 11.9 Å². The van der Waals surface area contributed by atoms with Gasteiger partial charge in [0.15, 0.2) is 0 Å². The maximum Gasteiger partial charge on any atom is 0.337 e. The summed E-state index contributed by atoms with van der Waals surface area (Å²) in [7, 11) is 0. The second kappa shape index (κ2) is 6.59. The summed E-state index contributed by atoms with van der Waals surface area (Å²) in [5, 5.41) is 18.0. The quantitative estimate of drug-likeness (QED) is 0.838. The van der Waals surface area contributed by atoms with Crippen molar-refractivity contribution in [2.24, 2.45) is 0 Å². The molecule has 1 aliphatic carbocycles. The topological polar surface area (TPSA) is 79.5 Å². The van der Waals surface area contributed by atoms with Gasteiger partial charge >= 0.3 is 11.9 Å². The number of carbonyl (C=O) groups is 2. The van der Waals surface area contributed by atoms with Crippen LogP contribution in [0.1, 0.15) is 66.9 Å². The van der Waals surface area contributed by atoms with Crippen LogP contribution in [0.2, 0.25) is 0 Å². The van der Waals surface area contributed by atoms with Crippen molar-refractivity contribution in [2.75, 3.05) is 0 Å². The Bertz CT molecular complexity index is 486. The number of aliphatic carboxylic acids is 1. The van der Waals surface area contributed by atoms with E-state index in [1.54, 1.807) is 12.3 Å². The molecule has 1 heterocycles. The number of carboxylic acids is 2. The maximum atomic E-state index is 11.4. The third-order valence-corrected chi connectivity index (χ3v) is 4.02. The van der Waals surface area contributed by atoms with Gasteiger partial charge < -0.3 is 14.8 Å². The van der Waals surface area contributed by atoms with Crippen molar-refractivity contribution in [2.45, 2.75) is 57.4 Å². The lowest BCUT2D eigenvalue weighted by Gasteiger charge is -2.24. The number of aromatic nitrogens is 1. The predicted octanol–water partition coefficient (Wildman–Crippen LogP) is 3.10. The van der Waals surface area contributed by atoms with Gasteiger partial charge in [0.2, 0.25) is 0 Å². The molecule has 1 aliphatic rings. The Morgan fingerprint density at radius 2 is 1.90 bits per heavy atom. The molecule has 5 heteroatoms. The molecular formula is C15H21NO4. The second-order valence-electron chi connectivity index (χ2n) is 5.45. The first-order valence-corrected chi connectivity index (χ1v) is 7.23. The summed E-state index contributed by atoms with van der Waals surface area (Å²) >= 11 is 0. The number of hydrogen-bond donors (Lipinski definition) is 2. The van der Waals surface area contributed by atoms with Gasteiger partial charge in [-0.15, -0.1) is 0 Å². The summed E-state index contributed by atoms with van der Waals surface area (Å²) in [6, 6.07) is 1.65. The van der Waals surface area contributed by atoms with E-state index >= 15 is 0 Å². The number of aryl methyl sites for hydroxylation is 1. The first-order chi connectivity index (χ1) is 9.59. The number of carboxylic acid groups (broad SMARTS) is 2. The van der Waals surface area contributed by atoms with E-state index in [4.69, 9.17) is 5.11 Å². The average molecular weight is 279 g/mol. The fourth-order valence-corrected chi connectivity index (χ4v) is 3.09. The van der Waals surface area contributed by atoms with Crippen molar-refractivity contribution in [1.82, 2.24) is 4.57 Å².